The van der Waals surface area contributed by atoms with Crippen LogP contribution in [0, 0.1) is 11.8 Å². The Balaban J connectivity index is 2.27. The van der Waals surface area contributed by atoms with Crippen molar-refractivity contribution in [3.63, 3.8) is 0 Å². The zero-order chi connectivity index (χ0) is 15.4. The van der Waals surface area contributed by atoms with Gasteiger partial charge in [0.2, 0.25) is 0 Å². The lowest BCUT2D eigenvalue weighted by Crippen LogP contribution is -2.29. The van der Waals surface area contributed by atoms with E-state index in [0.717, 1.165) is 0 Å². The van der Waals surface area contributed by atoms with Crippen molar-refractivity contribution in [2.75, 3.05) is 13.7 Å². The number of fused-ring (bicyclic) bond motifs is 2. The van der Waals surface area contributed by atoms with Crippen molar-refractivity contribution in [2.24, 2.45) is 11.8 Å². The summed E-state index contributed by atoms with van der Waals surface area (Å²) in [7, 11) is 1.30. The van der Waals surface area contributed by atoms with Gasteiger partial charge in [0.25, 0.3) is 0 Å². The Morgan fingerprint density at radius 2 is 2.10 bits per heavy atom. The highest BCUT2D eigenvalue weighted by atomic mass is 16.5. The molecule has 0 fully saturated rings. The molecule has 5 nitrogen and oxygen atoms in total. The molecule has 0 aromatic rings. The van der Waals surface area contributed by atoms with E-state index in [1.54, 1.807) is 25.2 Å². The molecule has 0 unspecified atom stereocenters. The van der Waals surface area contributed by atoms with Crippen LogP contribution < -0.4 is 0 Å². The van der Waals surface area contributed by atoms with Crippen molar-refractivity contribution in [3.05, 3.63) is 35.5 Å². The molecule has 2 bridgehead atoms. The van der Waals surface area contributed by atoms with E-state index < -0.39 is 11.9 Å². The van der Waals surface area contributed by atoms with E-state index in [-0.39, 0.29) is 24.1 Å². The van der Waals surface area contributed by atoms with Gasteiger partial charge in [0.05, 0.1) is 19.3 Å². The second-order valence-corrected chi connectivity index (χ2v) is 5.00. The van der Waals surface area contributed by atoms with Gasteiger partial charge in [0.1, 0.15) is 0 Å². The molecule has 2 rings (SSSR count). The lowest BCUT2D eigenvalue weighted by atomic mass is 9.77. The van der Waals surface area contributed by atoms with Gasteiger partial charge in [0, 0.05) is 17.9 Å². The maximum atomic E-state index is 12.4. The Kier molecular flexibility index (Phi) is 4.73. The van der Waals surface area contributed by atoms with Crippen LogP contribution in [0.15, 0.2) is 35.5 Å². The maximum Gasteiger partial charge on any atom is 0.337 e. The highest BCUT2D eigenvalue weighted by molar-refractivity contribution is 6.05. The minimum Gasteiger partial charge on any atom is -0.466 e. The fraction of sp³-hybridized carbons (Fsp3) is 0.438. The predicted molar refractivity (Wildman–Crippen MR) is 75.2 cm³/mol. The molecule has 21 heavy (non-hydrogen) atoms. The van der Waals surface area contributed by atoms with Gasteiger partial charge >= 0.3 is 11.9 Å². The molecule has 0 aliphatic heterocycles. The van der Waals surface area contributed by atoms with Crippen LogP contribution in [-0.2, 0) is 23.9 Å². The van der Waals surface area contributed by atoms with Crippen LogP contribution in [0.25, 0.3) is 0 Å². The predicted octanol–water partition coefficient (Wildman–Crippen LogP) is 1.74. The monoisotopic (exact) mass is 290 g/mol. The minimum absolute atomic E-state index is 0.0642. The van der Waals surface area contributed by atoms with E-state index in [9.17, 15) is 14.4 Å². The number of carbonyl (C=O) groups excluding carboxylic acids is 3. The SMILES string of the molecule is CCOC(=O)C[C@H]1CC=C2C=CC(C(=O)OC)=C[C@H]1C2=O. The Labute approximate surface area is 123 Å². The van der Waals surface area contributed by atoms with Crippen LogP contribution in [0.2, 0.25) is 0 Å². The summed E-state index contributed by atoms with van der Waals surface area (Å²) in [5.41, 5.74) is 0.922. The van der Waals surface area contributed by atoms with E-state index in [2.05, 4.69) is 0 Å². The molecular weight excluding hydrogens is 272 g/mol. The first-order chi connectivity index (χ1) is 10.1. The summed E-state index contributed by atoms with van der Waals surface area (Å²) >= 11 is 0. The van der Waals surface area contributed by atoms with Crippen LogP contribution in [0.1, 0.15) is 19.8 Å². The fourth-order valence-corrected chi connectivity index (χ4v) is 2.62. The summed E-state index contributed by atoms with van der Waals surface area (Å²) in [6, 6.07) is 0. The zero-order valence-electron chi connectivity index (χ0n) is 12.1. The second-order valence-electron chi connectivity index (χ2n) is 5.00. The quantitative estimate of drug-likeness (QED) is 0.738. The zero-order valence-corrected chi connectivity index (χ0v) is 12.1. The lowest BCUT2D eigenvalue weighted by molar-refractivity contribution is -0.144. The van der Waals surface area contributed by atoms with Crippen LogP contribution in [0.3, 0.4) is 0 Å². The van der Waals surface area contributed by atoms with Gasteiger partial charge in [-0.2, -0.15) is 0 Å². The molecule has 0 amide bonds. The standard InChI is InChI=1S/C16H18O5/c1-3-21-14(17)9-11-6-4-10-5-7-12(16(19)20-2)8-13(11)15(10)18/h4-5,7-8,11,13H,3,6,9H2,1-2H3/t11-,13-/m1/s1. The molecule has 0 heterocycles. The third-order valence-electron chi connectivity index (χ3n) is 3.69. The molecule has 112 valence electrons. The number of hydrogen-bond donors (Lipinski definition) is 0. The molecule has 0 saturated carbocycles. The number of rotatable bonds is 4. The first-order valence-corrected chi connectivity index (χ1v) is 6.95. The van der Waals surface area contributed by atoms with Crippen molar-refractivity contribution < 1.29 is 23.9 Å². The van der Waals surface area contributed by atoms with Gasteiger partial charge in [0.15, 0.2) is 5.78 Å². The normalized spacial score (nSPS) is 23.8. The second kappa shape index (κ2) is 6.52. The van der Waals surface area contributed by atoms with E-state index in [1.165, 1.54) is 7.11 Å². The smallest absolute Gasteiger partial charge is 0.337 e. The minimum atomic E-state index is -0.487. The number of esters is 2. The van der Waals surface area contributed by atoms with E-state index in [4.69, 9.17) is 9.47 Å². The summed E-state index contributed by atoms with van der Waals surface area (Å²) in [4.78, 5) is 35.7. The average Bonchev–Trinajstić information content (AvgIpc) is 2.56. The molecule has 0 N–H and O–H groups in total. The number of carbonyl (C=O) groups is 3. The summed E-state index contributed by atoms with van der Waals surface area (Å²) in [6.45, 7) is 2.06. The Hall–Kier alpha value is -2.17. The summed E-state index contributed by atoms with van der Waals surface area (Å²) in [5.74, 6) is -1.54. The number of hydrogen-bond acceptors (Lipinski definition) is 5. The van der Waals surface area contributed by atoms with Gasteiger partial charge in [-0.1, -0.05) is 18.2 Å². The highest BCUT2D eigenvalue weighted by Crippen LogP contribution is 2.34. The molecular formula is C16H18O5. The summed E-state index contributed by atoms with van der Waals surface area (Å²) in [5, 5.41) is 0. The molecule has 0 aromatic heterocycles. The Morgan fingerprint density at radius 1 is 1.33 bits per heavy atom. The first kappa shape index (κ1) is 15.2. The topological polar surface area (TPSA) is 69.7 Å². The van der Waals surface area contributed by atoms with Gasteiger partial charge in [-0.3, -0.25) is 9.59 Å². The third kappa shape index (κ3) is 3.29. The van der Waals surface area contributed by atoms with Crippen LogP contribution in [0.5, 0.6) is 0 Å². The molecule has 0 radical (unpaired) electrons. The number of Topliss-reactive ketones (excluding diaryl/α,β-unsaturated/α-hetero) is 1. The van der Waals surface area contributed by atoms with Gasteiger partial charge in [-0.25, -0.2) is 4.79 Å². The molecule has 2 aliphatic carbocycles. The number of allylic oxidation sites excluding steroid dienone is 4. The number of methoxy groups -OCH3 is 1. The van der Waals surface area contributed by atoms with Crippen LogP contribution >= 0.6 is 0 Å². The first-order valence-electron chi connectivity index (χ1n) is 6.95. The summed E-state index contributed by atoms with van der Waals surface area (Å²) < 4.78 is 9.65. The van der Waals surface area contributed by atoms with E-state index in [0.29, 0.717) is 24.2 Å². The van der Waals surface area contributed by atoms with Gasteiger partial charge < -0.3 is 9.47 Å². The number of ether oxygens (including phenoxy) is 2. The van der Waals surface area contributed by atoms with E-state index >= 15 is 0 Å². The largest absolute Gasteiger partial charge is 0.466 e. The van der Waals surface area contributed by atoms with Crippen molar-refractivity contribution in [3.8, 4) is 0 Å². The van der Waals surface area contributed by atoms with Gasteiger partial charge in [-0.15, -0.1) is 0 Å². The Bertz CT molecular complexity index is 553. The summed E-state index contributed by atoms with van der Waals surface area (Å²) in [6.07, 6.45) is 7.41. The fourth-order valence-electron chi connectivity index (χ4n) is 2.62. The maximum absolute atomic E-state index is 12.4. The molecule has 5 heteroatoms. The van der Waals surface area contributed by atoms with Crippen molar-refractivity contribution >= 4 is 17.7 Å². The van der Waals surface area contributed by atoms with Crippen molar-refractivity contribution in [2.45, 2.75) is 19.8 Å². The molecule has 0 aromatic carbocycles. The van der Waals surface area contributed by atoms with Crippen LogP contribution in [-0.4, -0.2) is 31.4 Å². The van der Waals surface area contributed by atoms with Crippen molar-refractivity contribution in [1.29, 1.82) is 0 Å². The van der Waals surface area contributed by atoms with Gasteiger partial charge in [-0.05, 0) is 25.3 Å². The van der Waals surface area contributed by atoms with Crippen LogP contribution in [0.4, 0.5) is 0 Å². The van der Waals surface area contributed by atoms with E-state index in [1.807, 2.05) is 6.08 Å². The molecule has 0 spiro atoms. The number of ketones is 1. The molecule has 0 saturated heterocycles. The lowest BCUT2D eigenvalue weighted by Gasteiger charge is -2.26. The third-order valence-corrected chi connectivity index (χ3v) is 3.69. The Morgan fingerprint density at radius 3 is 2.76 bits per heavy atom. The van der Waals surface area contributed by atoms with Crippen molar-refractivity contribution in [1.82, 2.24) is 0 Å². The molecule has 2 aliphatic rings. The highest BCUT2D eigenvalue weighted by Gasteiger charge is 2.35. The molecule has 2 atom stereocenters. The average molecular weight is 290 g/mol.